The number of anilines is 2. The van der Waals surface area contributed by atoms with Crippen LogP contribution in [0.25, 0.3) is 0 Å². The van der Waals surface area contributed by atoms with Crippen LogP contribution in [-0.2, 0) is 0 Å². The molecule has 2 N–H and O–H groups in total. The molecule has 2 heterocycles. The molecule has 0 fully saturated rings. The van der Waals surface area contributed by atoms with Gasteiger partial charge in [-0.25, -0.2) is 0 Å². The van der Waals surface area contributed by atoms with Crippen molar-refractivity contribution >= 4 is 11.5 Å². The number of nitrogens with zero attached hydrogens (tertiary/aromatic N) is 2. The lowest BCUT2D eigenvalue weighted by Gasteiger charge is -2.10. The molecule has 1 aliphatic heterocycles. The summed E-state index contributed by atoms with van der Waals surface area (Å²) in [7, 11) is 0. The van der Waals surface area contributed by atoms with E-state index in [4.69, 9.17) is 2.82 Å². The van der Waals surface area contributed by atoms with E-state index in [1.54, 1.807) is 6.07 Å². The van der Waals surface area contributed by atoms with E-state index in [1.165, 1.54) is 18.6 Å². The van der Waals surface area contributed by atoms with E-state index in [0.717, 1.165) is 10.6 Å². The topological polar surface area (TPSA) is 49.8 Å². The van der Waals surface area contributed by atoms with Crippen molar-refractivity contribution in [1.82, 2.24) is 10.2 Å². The number of hydrogen-bond acceptors (Lipinski definition) is 4. The monoisotopic (exact) mass is 136 g/mol. The Balaban J connectivity index is 2.54. The minimum Gasteiger partial charge on any atom is -0.357 e. The fourth-order valence-corrected chi connectivity index (χ4v) is 0.728. The van der Waals surface area contributed by atoms with Crippen LogP contribution in [0.1, 0.15) is 0 Å². The summed E-state index contributed by atoms with van der Waals surface area (Å²) in [6.07, 6.45) is 4.40. The Morgan fingerprint density at radius 3 is 3.20 bits per heavy atom. The second-order valence-electron chi connectivity index (χ2n) is 1.80. The highest BCUT2D eigenvalue weighted by atomic mass is 15.2. The van der Waals surface area contributed by atoms with Gasteiger partial charge in [0.2, 0.25) is 0 Å². The lowest BCUT2D eigenvalue weighted by Crippen LogP contribution is -2.04. The maximum atomic E-state index is 7.41. The molecular weight excluding hydrogens is 128 g/mol. The molecule has 0 spiro atoms. The zero-order chi connectivity index (χ0) is 8.55. The van der Waals surface area contributed by atoms with Crippen molar-refractivity contribution in [2.45, 2.75) is 0 Å². The molecule has 10 heavy (non-hydrogen) atoms. The number of fused-ring (bicyclic) bond motifs is 1. The van der Waals surface area contributed by atoms with E-state index < -0.39 is 0 Å². The van der Waals surface area contributed by atoms with Gasteiger partial charge in [-0.1, -0.05) is 0 Å². The molecule has 0 bridgehead atoms. The smallest absolute Gasteiger partial charge is 0.176 e. The Kier molecular flexibility index (Phi) is 0.705. The molecule has 4 nitrogen and oxygen atoms in total. The van der Waals surface area contributed by atoms with E-state index in [1.807, 2.05) is 0 Å². The number of nitrogens with one attached hydrogen (secondary N) is 2. The van der Waals surface area contributed by atoms with Crippen molar-refractivity contribution < 1.29 is 2.82 Å². The zero-order valence-corrected chi connectivity index (χ0v) is 5.10. The standard InChI is InChI=1S/C6H6N4/c1-2-9-10-6-5(1)7-3-4-8-6/h1-4,7H,(H,8,10)/i/hD2. The summed E-state index contributed by atoms with van der Waals surface area (Å²) >= 11 is 0. The molecule has 0 aromatic carbocycles. The van der Waals surface area contributed by atoms with Crippen LogP contribution in [0.15, 0.2) is 24.7 Å². The molecule has 1 aromatic rings. The first-order valence-electron chi connectivity index (χ1n) is 3.75. The molecule has 2 rings (SSSR count). The number of hydrogen-bond donors (Lipinski definition) is 2. The highest BCUT2D eigenvalue weighted by molar-refractivity contribution is 5.67. The molecule has 4 heteroatoms. The average Bonchev–Trinajstić information content (AvgIpc) is 2.12. The van der Waals surface area contributed by atoms with Gasteiger partial charge >= 0.3 is 0 Å². The molecule has 0 radical (unpaired) electrons. The van der Waals surface area contributed by atoms with Gasteiger partial charge in [-0.15, -0.1) is 5.10 Å². The summed E-state index contributed by atoms with van der Waals surface area (Å²) in [5.41, 5.74) is 0.558. The first-order chi connectivity index (χ1) is 5.79. The summed E-state index contributed by atoms with van der Waals surface area (Å²) in [5, 5.41) is 9.58. The van der Waals surface area contributed by atoms with Crippen LogP contribution in [0, 0.1) is 0 Å². The fraction of sp³-hybridized carbons (Fsp3) is 0. The van der Waals surface area contributed by atoms with Gasteiger partial charge in [-0.2, -0.15) is 5.10 Å². The maximum absolute atomic E-state index is 7.41. The predicted molar refractivity (Wildman–Crippen MR) is 38.4 cm³/mol. The van der Waals surface area contributed by atoms with E-state index in [9.17, 15) is 0 Å². The third kappa shape index (κ3) is 0.699. The first-order valence-corrected chi connectivity index (χ1v) is 2.85. The van der Waals surface area contributed by atoms with Crippen LogP contribution in [0.3, 0.4) is 0 Å². The Hall–Kier alpha value is -1.58. The van der Waals surface area contributed by atoms with Gasteiger partial charge in [0, 0.05) is 12.4 Å². The van der Waals surface area contributed by atoms with Crippen LogP contribution in [-0.4, -0.2) is 10.2 Å². The van der Waals surface area contributed by atoms with Crippen molar-refractivity contribution in [3.8, 4) is 0 Å². The minimum absolute atomic E-state index is 0.370. The molecule has 1 aromatic heterocycles. The summed E-state index contributed by atoms with van der Waals surface area (Å²) in [6.45, 7) is 0. The zero-order valence-electron chi connectivity index (χ0n) is 7.10. The number of aromatic nitrogens is 2. The van der Waals surface area contributed by atoms with Gasteiger partial charge in [-0.05, 0) is 6.07 Å². The van der Waals surface area contributed by atoms with Gasteiger partial charge in [0.25, 0.3) is 0 Å². The molecule has 0 unspecified atom stereocenters. The molecular formula is C6H6N4. The van der Waals surface area contributed by atoms with Crippen molar-refractivity contribution in [3.05, 3.63) is 24.7 Å². The highest BCUT2D eigenvalue weighted by Crippen LogP contribution is 2.18. The van der Waals surface area contributed by atoms with Crippen molar-refractivity contribution in [2.24, 2.45) is 0 Å². The second kappa shape index (κ2) is 1.98. The average molecular weight is 136 g/mol. The van der Waals surface area contributed by atoms with E-state index in [0.29, 0.717) is 11.5 Å². The summed E-state index contributed by atoms with van der Waals surface area (Å²) < 4.78 is 14.8. The summed E-state index contributed by atoms with van der Waals surface area (Å²) in [6, 6.07) is 1.64. The Bertz CT molecular complexity index is 296. The lowest BCUT2D eigenvalue weighted by molar-refractivity contribution is 1.03. The summed E-state index contributed by atoms with van der Waals surface area (Å²) in [5.74, 6) is 0.370. The summed E-state index contributed by atoms with van der Waals surface area (Å²) in [4.78, 5) is 0. The van der Waals surface area contributed by atoms with Crippen LogP contribution in [0.2, 0.25) is 2.82 Å². The normalized spacial score (nSPS) is 18.0. The Morgan fingerprint density at radius 1 is 1.40 bits per heavy atom. The van der Waals surface area contributed by atoms with Crippen LogP contribution in [0.5, 0.6) is 0 Å². The molecule has 0 amide bonds. The second-order valence-corrected chi connectivity index (χ2v) is 1.80. The largest absolute Gasteiger partial charge is 0.357 e. The van der Waals surface area contributed by atoms with Crippen LogP contribution < -0.4 is 10.6 Å². The van der Waals surface area contributed by atoms with Crippen LogP contribution >= 0.6 is 0 Å². The van der Waals surface area contributed by atoms with Gasteiger partial charge < -0.3 is 10.6 Å². The van der Waals surface area contributed by atoms with Crippen molar-refractivity contribution in [1.29, 1.82) is 0 Å². The van der Waals surface area contributed by atoms with Crippen LogP contribution in [0.4, 0.5) is 11.5 Å². The highest BCUT2D eigenvalue weighted by Gasteiger charge is 2.02. The molecule has 0 aliphatic carbocycles. The first kappa shape index (κ1) is 3.55. The maximum Gasteiger partial charge on any atom is 0.176 e. The Morgan fingerprint density at radius 2 is 2.30 bits per heavy atom. The van der Waals surface area contributed by atoms with Crippen molar-refractivity contribution in [2.75, 3.05) is 10.6 Å². The predicted octanol–water partition coefficient (Wildman–Crippen LogP) is 0.785. The molecule has 50 valence electrons. The van der Waals surface area contributed by atoms with E-state index in [-0.39, 0.29) is 0 Å². The Labute approximate surface area is 60.9 Å². The van der Waals surface area contributed by atoms with Gasteiger partial charge in [0.15, 0.2) is 8.64 Å². The molecule has 0 saturated carbocycles. The fourth-order valence-electron chi connectivity index (χ4n) is 0.728. The molecule has 0 saturated heterocycles. The minimum atomic E-state index is 0.370. The SMILES string of the molecule is [2H]N1C=CN([2H])c2nnccc21. The quantitative estimate of drug-likeness (QED) is 0.553. The van der Waals surface area contributed by atoms with Gasteiger partial charge in [-0.3, -0.25) is 0 Å². The van der Waals surface area contributed by atoms with E-state index in [2.05, 4.69) is 10.2 Å². The van der Waals surface area contributed by atoms with Crippen molar-refractivity contribution in [3.63, 3.8) is 0 Å². The lowest BCUT2D eigenvalue weighted by atomic mass is 10.4. The van der Waals surface area contributed by atoms with Gasteiger partial charge in [0.05, 0.1) is 11.9 Å². The molecule has 0 atom stereocenters. The third-order valence-corrected chi connectivity index (χ3v) is 1.16. The third-order valence-electron chi connectivity index (χ3n) is 1.16. The molecule has 1 aliphatic rings. The number of rotatable bonds is 0. The van der Waals surface area contributed by atoms with Gasteiger partial charge in [0.1, 0.15) is 0 Å². The van der Waals surface area contributed by atoms with E-state index >= 15 is 0 Å².